The highest BCUT2D eigenvalue weighted by Gasteiger charge is 2.40. The first-order valence-corrected chi connectivity index (χ1v) is 8.98. The first-order valence-electron chi connectivity index (χ1n) is 8.98. The molecular weight excluding hydrogens is 371 g/mol. The number of hydrogen-bond donors (Lipinski definition) is 1. The lowest BCUT2D eigenvalue weighted by molar-refractivity contribution is -0.138. The van der Waals surface area contributed by atoms with Gasteiger partial charge in [-0.15, -0.1) is 0 Å². The Bertz CT molecular complexity index is 631. The molecule has 1 aliphatic rings. The third-order valence-electron chi connectivity index (χ3n) is 4.47. The highest BCUT2D eigenvalue weighted by molar-refractivity contribution is 5.92. The fraction of sp³-hybridized carbons (Fsp3) is 0.632. The van der Waals surface area contributed by atoms with Gasteiger partial charge in [0.15, 0.2) is 0 Å². The Hall–Kier alpha value is -1.70. The van der Waals surface area contributed by atoms with Crippen LogP contribution >= 0.6 is 0 Å². The predicted molar refractivity (Wildman–Crippen MR) is 91.2 cm³/mol. The molecule has 2 rings (SSSR count). The summed E-state index contributed by atoms with van der Waals surface area (Å²) in [4.78, 5) is 11.7. The summed E-state index contributed by atoms with van der Waals surface area (Å²) in [7, 11) is 0. The van der Waals surface area contributed by atoms with Crippen LogP contribution in [0.25, 0.3) is 0 Å². The van der Waals surface area contributed by atoms with E-state index in [1.165, 1.54) is 0 Å². The molecule has 1 aromatic carbocycles. The van der Waals surface area contributed by atoms with Crippen molar-refractivity contribution in [1.82, 2.24) is 0 Å². The second-order valence-corrected chi connectivity index (χ2v) is 6.13. The number of carbonyl (C=O) groups is 1. The van der Waals surface area contributed by atoms with Gasteiger partial charge in [0.05, 0.1) is 17.7 Å². The number of carboxylic acid groups (broad SMARTS) is 1. The molecule has 0 radical (unpaired) electrons. The van der Waals surface area contributed by atoms with Crippen LogP contribution in [0.15, 0.2) is 12.1 Å². The molecule has 0 unspecified atom stereocenters. The molecule has 1 aromatic rings. The largest absolute Gasteiger partial charge is 0.478 e. The maximum atomic E-state index is 13.3. The zero-order chi connectivity index (χ0) is 20.8. The van der Waals surface area contributed by atoms with Crippen LogP contribution in [-0.4, -0.2) is 23.6 Å². The summed E-state index contributed by atoms with van der Waals surface area (Å²) in [6, 6.07) is 1.93. The summed E-state index contributed by atoms with van der Waals surface area (Å²) in [6.45, 7) is 5.21. The van der Waals surface area contributed by atoms with Crippen LogP contribution in [0.4, 0.5) is 22.0 Å². The summed E-state index contributed by atoms with van der Waals surface area (Å²) >= 11 is 0. The van der Waals surface area contributed by atoms with Crippen molar-refractivity contribution >= 4 is 5.97 Å². The monoisotopic (exact) mass is 396 g/mol. The molecule has 1 N–H and O–H groups in total. The lowest BCUT2D eigenvalue weighted by Crippen LogP contribution is -2.25. The summed E-state index contributed by atoms with van der Waals surface area (Å²) in [5.41, 5.74) is -1.82. The van der Waals surface area contributed by atoms with Gasteiger partial charge in [0.1, 0.15) is 0 Å². The van der Waals surface area contributed by atoms with Crippen molar-refractivity contribution in [2.75, 3.05) is 6.61 Å². The summed E-state index contributed by atoms with van der Waals surface area (Å²) < 4.78 is 71.4. The molecule has 3 nitrogen and oxygen atoms in total. The van der Waals surface area contributed by atoms with E-state index >= 15 is 0 Å². The van der Waals surface area contributed by atoms with Crippen molar-refractivity contribution in [3.05, 3.63) is 34.4 Å². The number of alkyl halides is 5. The number of carboxylic acids is 1. The van der Waals surface area contributed by atoms with Gasteiger partial charge in [0.2, 0.25) is 5.92 Å². The fourth-order valence-electron chi connectivity index (χ4n) is 3.23. The molecule has 0 spiro atoms. The smallest absolute Gasteiger partial charge is 0.416 e. The van der Waals surface area contributed by atoms with E-state index in [0.29, 0.717) is 0 Å². The number of hydrogen-bond acceptors (Lipinski definition) is 2. The maximum absolute atomic E-state index is 13.3. The van der Waals surface area contributed by atoms with E-state index in [9.17, 15) is 31.9 Å². The molecule has 1 fully saturated rings. The quantitative estimate of drug-likeness (QED) is 0.598. The molecule has 0 amide bonds. The molecule has 8 heteroatoms. The van der Waals surface area contributed by atoms with E-state index in [0.717, 1.165) is 12.1 Å². The number of rotatable bonds is 5. The number of aromatic carboxylic acids is 1. The predicted octanol–water partition coefficient (Wildman–Crippen LogP) is 6.26. The van der Waals surface area contributed by atoms with Crippen LogP contribution in [-0.2, 0) is 17.5 Å². The topological polar surface area (TPSA) is 46.5 Å². The summed E-state index contributed by atoms with van der Waals surface area (Å²) in [6.07, 6.45) is -5.47. The van der Waals surface area contributed by atoms with Crippen LogP contribution < -0.4 is 0 Å². The summed E-state index contributed by atoms with van der Waals surface area (Å²) in [5.74, 6) is -4.82. The Kier molecular flexibility index (Phi) is 8.20. The van der Waals surface area contributed by atoms with Crippen LogP contribution in [0.1, 0.15) is 79.4 Å². The minimum atomic E-state index is -4.73. The standard InChI is InChI=1S/C17H19F5O3.C2H6/c1-2-25-9-12-13(17(20,21)22)4-3-11(14(12)15(23)24)10-5-7-16(18,19)8-6-10;1-2/h3-4,10H,2,5-9H2,1H3,(H,23,24);1-2H3. The second-order valence-electron chi connectivity index (χ2n) is 6.13. The van der Waals surface area contributed by atoms with Crippen molar-refractivity contribution < 1.29 is 36.6 Å². The molecule has 27 heavy (non-hydrogen) atoms. The molecule has 0 aromatic heterocycles. The first-order chi connectivity index (χ1) is 12.6. The average molecular weight is 396 g/mol. The molecule has 0 atom stereocenters. The Morgan fingerprint density at radius 2 is 1.78 bits per heavy atom. The SMILES string of the molecule is CC.CCOCc1c(C(F)(F)F)ccc(C2CCC(F)(F)CC2)c1C(=O)O. The van der Waals surface area contributed by atoms with E-state index in [1.54, 1.807) is 6.92 Å². The molecule has 0 heterocycles. The van der Waals surface area contributed by atoms with Gasteiger partial charge in [-0.05, 0) is 37.3 Å². The van der Waals surface area contributed by atoms with Gasteiger partial charge in [-0.2, -0.15) is 13.2 Å². The molecule has 1 saturated carbocycles. The van der Waals surface area contributed by atoms with Crippen molar-refractivity contribution in [3.8, 4) is 0 Å². The van der Waals surface area contributed by atoms with Crippen molar-refractivity contribution in [2.24, 2.45) is 0 Å². The first kappa shape index (κ1) is 23.3. The van der Waals surface area contributed by atoms with Crippen LogP contribution in [0.5, 0.6) is 0 Å². The molecule has 154 valence electrons. The fourth-order valence-corrected chi connectivity index (χ4v) is 3.23. The Labute approximate surface area is 155 Å². The highest BCUT2D eigenvalue weighted by atomic mass is 19.4. The third-order valence-corrected chi connectivity index (χ3v) is 4.47. The zero-order valence-corrected chi connectivity index (χ0v) is 15.6. The average Bonchev–Trinajstić information content (AvgIpc) is 2.59. The van der Waals surface area contributed by atoms with Crippen molar-refractivity contribution in [2.45, 2.75) is 71.1 Å². The lowest BCUT2D eigenvalue weighted by atomic mass is 9.79. The Morgan fingerprint density at radius 3 is 2.22 bits per heavy atom. The molecule has 0 saturated heterocycles. The molecular formula is C19H25F5O3. The van der Waals surface area contributed by atoms with E-state index in [1.807, 2.05) is 13.8 Å². The number of halogens is 5. The Balaban J connectivity index is 0.00000176. The Morgan fingerprint density at radius 1 is 1.22 bits per heavy atom. The molecule has 0 bridgehead atoms. The number of benzene rings is 1. The normalized spacial score (nSPS) is 17.2. The minimum absolute atomic E-state index is 0.0344. The molecule has 1 aliphatic carbocycles. The van der Waals surface area contributed by atoms with E-state index in [4.69, 9.17) is 4.74 Å². The number of ether oxygens (including phenoxy) is 1. The minimum Gasteiger partial charge on any atom is -0.478 e. The van der Waals surface area contributed by atoms with E-state index in [-0.39, 0.29) is 25.0 Å². The van der Waals surface area contributed by atoms with Gasteiger partial charge in [-0.25, -0.2) is 13.6 Å². The lowest BCUT2D eigenvalue weighted by Gasteiger charge is -2.30. The van der Waals surface area contributed by atoms with Crippen LogP contribution in [0, 0.1) is 0 Å². The maximum Gasteiger partial charge on any atom is 0.416 e. The van der Waals surface area contributed by atoms with Gasteiger partial charge >= 0.3 is 12.1 Å². The van der Waals surface area contributed by atoms with Crippen LogP contribution in [0.3, 0.4) is 0 Å². The van der Waals surface area contributed by atoms with E-state index in [2.05, 4.69) is 0 Å². The second kappa shape index (κ2) is 9.48. The van der Waals surface area contributed by atoms with Crippen LogP contribution in [0.2, 0.25) is 0 Å². The van der Waals surface area contributed by atoms with Crippen molar-refractivity contribution in [3.63, 3.8) is 0 Å². The van der Waals surface area contributed by atoms with E-state index < -0.39 is 60.1 Å². The van der Waals surface area contributed by atoms with Gasteiger partial charge in [0, 0.05) is 25.0 Å². The zero-order valence-electron chi connectivity index (χ0n) is 15.6. The third kappa shape index (κ3) is 5.89. The van der Waals surface area contributed by atoms with Gasteiger partial charge < -0.3 is 9.84 Å². The molecule has 0 aliphatic heterocycles. The van der Waals surface area contributed by atoms with Gasteiger partial charge in [0.25, 0.3) is 0 Å². The summed E-state index contributed by atoms with van der Waals surface area (Å²) in [5, 5.41) is 9.50. The van der Waals surface area contributed by atoms with Gasteiger partial charge in [-0.3, -0.25) is 0 Å². The van der Waals surface area contributed by atoms with Gasteiger partial charge in [-0.1, -0.05) is 19.9 Å². The highest BCUT2D eigenvalue weighted by Crippen LogP contribution is 2.44. The van der Waals surface area contributed by atoms with Crippen molar-refractivity contribution in [1.29, 1.82) is 0 Å².